The van der Waals surface area contributed by atoms with Crippen molar-refractivity contribution in [2.24, 2.45) is 0 Å². The molecule has 1 fully saturated rings. The third-order valence-corrected chi connectivity index (χ3v) is 5.52. The second-order valence-electron chi connectivity index (χ2n) is 7.36. The topological polar surface area (TPSA) is 60.5 Å². The van der Waals surface area contributed by atoms with Crippen molar-refractivity contribution in [2.75, 3.05) is 51.2 Å². The highest BCUT2D eigenvalue weighted by Gasteiger charge is 2.20. The smallest absolute Gasteiger partial charge is 0.251 e. The number of likely N-dealkylation sites (N-methyl/N-ethyl adjacent to an activating group) is 1. The second-order valence-corrected chi connectivity index (χ2v) is 7.36. The van der Waals surface area contributed by atoms with Gasteiger partial charge in [0.2, 0.25) is 0 Å². The number of aromatic nitrogens is 1. The summed E-state index contributed by atoms with van der Waals surface area (Å²) in [6.45, 7) is 5.45. The van der Waals surface area contributed by atoms with Gasteiger partial charge in [-0.25, -0.2) is 4.98 Å². The maximum atomic E-state index is 12.7. The first-order valence-electron chi connectivity index (χ1n) is 9.69. The fourth-order valence-electron chi connectivity index (χ4n) is 3.84. The Kier molecular flexibility index (Phi) is 5.36. The zero-order valence-electron chi connectivity index (χ0n) is 15.8. The number of carbonyl (C=O) groups is 1. The maximum absolute atomic E-state index is 12.7. The molecule has 0 aliphatic carbocycles. The Bertz CT molecular complexity index is 801. The van der Waals surface area contributed by atoms with Crippen LogP contribution in [-0.2, 0) is 6.42 Å². The third kappa shape index (κ3) is 4.12. The summed E-state index contributed by atoms with van der Waals surface area (Å²) in [7, 11) is 2.13. The number of nitrogens with one attached hydrogen (secondary N) is 2. The molecule has 142 valence electrons. The quantitative estimate of drug-likeness (QED) is 0.859. The number of hydrogen-bond acceptors (Lipinski definition) is 5. The maximum Gasteiger partial charge on any atom is 0.251 e. The Morgan fingerprint density at radius 3 is 2.89 bits per heavy atom. The van der Waals surface area contributed by atoms with E-state index >= 15 is 0 Å². The first-order chi connectivity index (χ1) is 13.2. The van der Waals surface area contributed by atoms with E-state index in [0.29, 0.717) is 12.1 Å². The van der Waals surface area contributed by atoms with Gasteiger partial charge in [-0.05, 0) is 43.3 Å². The van der Waals surface area contributed by atoms with Crippen LogP contribution in [0, 0.1) is 0 Å². The van der Waals surface area contributed by atoms with Gasteiger partial charge < -0.3 is 20.4 Å². The second kappa shape index (κ2) is 8.06. The lowest BCUT2D eigenvalue weighted by atomic mass is 9.94. The fourth-order valence-corrected chi connectivity index (χ4v) is 3.84. The molecule has 1 unspecified atom stereocenters. The van der Waals surface area contributed by atoms with Gasteiger partial charge in [0.1, 0.15) is 5.82 Å². The van der Waals surface area contributed by atoms with Crippen molar-refractivity contribution in [3.63, 3.8) is 0 Å². The van der Waals surface area contributed by atoms with E-state index in [1.54, 1.807) is 12.3 Å². The first kappa shape index (κ1) is 17.9. The summed E-state index contributed by atoms with van der Waals surface area (Å²) >= 11 is 0. The highest BCUT2D eigenvalue weighted by molar-refractivity contribution is 5.94. The van der Waals surface area contributed by atoms with Crippen LogP contribution in [-0.4, -0.2) is 62.1 Å². The number of benzene rings is 1. The average Bonchev–Trinajstić information content (AvgIpc) is 2.72. The summed E-state index contributed by atoms with van der Waals surface area (Å²) < 4.78 is 0. The number of nitrogens with zero attached hydrogens (tertiary/aromatic N) is 3. The molecule has 2 aromatic rings. The lowest BCUT2D eigenvalue weighted by Gasteiger charge is -2.33. The van der Waals surface area contributed by atoms with E-state index < -0.39 is 0 Å². The van der Waals surface area contributed by atoms with Crippen LogP contribution in [0.25, 0.3) is 0 Å². The average molecular weight is 365 g/mol. The van der Waals surface area contributed by atoms with E-state index in [1.807, 2.05) is 6.07 Å². The number of hydrogen-bond donors (Lipinski definition) is 2. The molecule has 27 heavy (non-hydrogen) atoms. The number of rotatable bonds is 4. The standard InChI is InChI=1S/C21H27N5O/c1-25-10-12-26(13-11-25)20-14-17(7-9-23-20)21(27)24-15-19-18-5-3-2-4-16(18)6-8-22-19/h2-5,7,9,14,19,22H,6,8,10-13,15H2,1H3,(H,24,27). The van der Waals surface area contributed by atoms with E-state index in [1.165, 1.54) is 11.1 Å². The number of carbonyl (C=O) groups excluding carboxylic acids is 1. The normalized spacial score (nSPS) is 20.2. The molecule has 1 saturated heterocycles. The molecule has 2 N–H and O–H groups in total. The minimum absolute atomic E-state index is 0.0439. The summed E-state index contributed by atoms with van der Waals surface area (Å²) in [6.07, 6.45) is 2.77. The van der Waals surface area contributed by atoms with Crippen molar-refractivity contribution in [3.05, 3.63) is 59.3 Å². The van der Waals surface area contributed by atoms with Crippen LogP contribution in [0.1, 0.15) is 27.5 Å². The lowest BCUT2D eigenvalue weighted by molar-refractivity contribution is 0.0949. The largest absolute Gasteiger partial charge is 0.354 e. The Hall–Kier alpha value is -2.44. The van der Waals surface area contributed by atoms with E-state index in [4.69, 9.17) is 0 Å². The summed E-state index contributed by atoms with van der Waals surface area (Å²) in [5, 5.41) is 6.60. The fraction of sp³-hybridized carbons (Fsp3) is 0.429. The minimum atomic E-state index is -0.0439. The number of anilines is 1. The Labute approximate surface area is 160 Å². The van der Waals surface area contributed by atoms with Crippen molar-refractivity contribution < 1.29 is 4.79 Å². The number of amides is 1. The first-order valence-corrected chi connectivity index (χ1v) is 9.69. The van der Waals surface area contributed by atoms with Crippen LogP contribution in [0.4, 0.5) is 5.82 Å². The summed E-state index contributed by atoms with van der Waals surface area (Å²) in [4.78, 5) is 21.7. The molecule has 3 heterocycles. The van der Waals surface area contributed by atoms with Crippen molar-refractivity contribution in [2.45, 2.75) is 12.5 Å². The summed E-state index contributed by atoms with van der Waals surface area (Å²) in [6, 6.07) is 12.3. The minimum Gasteiger partial charge on any atom is -0.354 e. The van der Waals surface area contributed by atoms with Gasteiger partial charge >= 0.3 is 0 Å². The number of pyridine rings is 1. The molecule has 6 heteroatoms. The van der Waals surface area contributed by atoms with Crippen LogP contribution in [0.5, 0.6) is 0 Å². The Balaban J connectivity index is 1.40. The van der Waals surface area contributed by atoms with Crippen LogP contribution in [0.3, 0.4) is 0 Å². The molecule has 2 aliphatic rings. The highest BCUT2D eigenvalue weighted by Crippen LogP contribution is 2.22. The molecule has 2 aliphatic heterocycles. The van der Waals surface area contributed by atoms with E-state index in [-0.39, 0.29) is 11.9 Å². The van der Waals surface area contributed by atoms with Crippen LogP contribution < -0.4 is 15.5 Å². The molecule has 0 saturated carbocycles. The van der Waals surface area contributed by atoms with Gasteiger partial charge in [0, 0.05) is 50.5 Å². The highest BCUT2D eigenvalue weighted by atomic mass is 16.1. The number of piperazine rings is 1. The van der Waals surface area contributed by atoms with E-state index in [0.717, 1.165) is 45.0 Å². The summed E-state index contributed by atoms with van der Waals surface area (Å²) in [5.41, 5.74) is 3.33. The monoisotopic (exact) mass is 365 g/mol. The van der Waals surface area contributed by atoms with Crippen molar-refractivity contribution in [3.8, 4) is 0 Å². The molecule has 4 rings (SSSR count). The zero-order chi connectivity index (χ0) is 18.6. The molecular weight excluding hydrogens is 338 g/mol. The predicted octanol–water partition coefficient (Wildman–Crippen LogP) is 1.45. The molecular formula is C21H27N5O. The molecule has 1 atom stereocenters. The van der Waals surface area contributed by atoms with Gasteiger partial charge in [0.15, 0.2) is 0 Å². The number of fused-ring (bicyclic) bond motifs is 1. The van der Waals surface area contributed by atoms with Crippen LogP contribution >= 0.6 is 0 Å². The molecule has 1 aromatic heterocycles. The summed E-state index contributed by atoms with van der Waals surface area (Å²) in [5.74, 6) is 0.842. The SMILES string of the molecule is CN1CCN(c2cc(C(=O)NCC3NCCc4ccccc43)ccn2)CC1. The van der Waals surface area contributed by atoms with Gasteiger partial charge in [-0.2, -0.15) is 0 Å². The lowest BCUT2D eigenvalue weighted by Crippen LogP contribution is -2.45. The molecule has 6 nitrogen and oxygen atoms in total. The van der Waals surface area contributed by atoms with Crippen LogP contribution in [0.2, 0.25) is 0 Å². The van der Waals surface area contributed by atoms with E-state index in [9.17, 15) is 4.79 Å². The third-order valence-electron chi connectivity index (χ3n) is 5.52. The Morgan fingerprint density at radius 1 is 1.22 bits per heavy atom. The molecule has 1 aromatic carbocycles. The van der Waals surface area contributed by atoms with Crippen molar-refractivity contribution >= 4 is 11.7 Å². The van der Waals surface area contributed by atoms with Crippen LogP contribution in [0.15, 0.2) is 42.6 Å². The van der Waals surface area contributed by atoms with Gasteiger partial charge in [0.05, 0.1) is 0 Å². The molecule has 0 radical (unpaired) electrons. The van der Waals surface area contributed by atoms with Gasteiger partial charge in [-0.15, -0.1) is 0 Å². The van der Waals surface area contributed by atoms with Gasteiger partial charge in [0.25, 0.3) is 5.91 Å². The zero-order valence-corrected chi connectivity index (χ0v) is 15.8. The van der Waals surface area contributed by atoms with Crippen molar-refractivity contribution in [1.29, 1.82) is 0 Å². The van der Waals surface area contributed by atoms with Gasteiger partial charge in [-0.1, -0.05) is 24.3 Å². The molecule has 0 bridgehead atoms. The molecule has 1 amide bonds. The van der Waals surface area contributed by atoms with Gasteiger partial charge in [-0.3, -0.25) is 4.79 Å². The molecule has 0 spiro atoms. The predicted molar refractivity (Wildman–Crippen MR) is 107 cm³/mol. The van der Waals surface area contributed by atoms with Crippen molar-refractivity contribution in [1.82, 2.24) is 20.5 Å². The Morgan fingerprint density at radius 2 is 2.04 bits per heavy atom. The van der Waals surface area contributed by atoms with E-state index in [2.05, 4.69) is 56.7 Å².